The molecule has 2 aromatic rings. The van der Waals surface area contributed by atoms with E-state index in [0.29, 0.717) is 37.3 Å². The third kappa shape index (κ3) is 4.28. The molecule has 25 heavy (non-hydrogen) atoms. The summed E-state index contributed by atoms with van der Waals surface area (Å²) in [5.74, 6) is -0.951. The second-order valence-corrected chi connectivity index (χ2v) is 6.01. The molecule has 0 bridgehead atoms. The number of halogens is 2. The molecule has 0 unspecified atom stereocenters. The lowest BCUT2D eigenvalue weighted by Gasteiger charge is -2.34. The average Bonchev–Trinajstić information content (AvgIpc) is 2.63. The number of hydrogen-bond donors (Lipinski definition) is 0. The summed E-state index contributed by atoms with van der Waals surface area (Å²) in [5, 5.41) is 0. The van der Waals surface area contributed by atoms with Crippen molar-refractivity contribution in [2.45, 2.75) is 0 Å². The van der Waals surface area contributed by atoms with Crippen LogP contribution < -0.4 is 0 Å². The molecule has 1 amide bonds. The Balaban J connectivity index is 1.53. The van der Waals surface area contributed by atoms with Crippen molar-refractivity contribution < 1.29 is 18.4 Å². The molecule has 0 N–H and O–H groups in total. The summed E-state index contributed by atoms with van der Waals surface area (Å²) in [6.07, 6.45) is 0. The maximum Gasteiger partial charge on any atom is 0.253 e. The van der Waals surface area contributed by atoms with Crippen molar-refractivity contribution in [3.05, 3.63) is 71.3 Å². The van der Waals surface area contributed by atoms with Crippen molar-refractivity contribution in [1.29, 1.82) is 0 Å². The highest BCUT2D eigenvalue weighted by Crippen LogP contribution is 2.11. The first-order valence-corrected chi connectivity index (χ1v) is 8.09. The molecular weight excluding hydrogens is 326 g/mol. The number of carbonyl (C=O) groups excluding carboxylic acids is 2. The van der Waals surface area contributed by atoms with Gasteiger partial charge in [0.15, 0.2) is 5.78 Å². The van der Waals surface area contributed by atoms with E-state index in [2.05, 4.69) is 0 Å². The summed E-state index contributed by atoms with van der Waals surface area (Å²) >= 11 is 0. The number of benzene rings is 2. The summed E-state index contributed by atoms with van der Waals surface area (Å²) in [4.78, 5) is 28.3. The zero-order chi connectivity index (χ0) is 17.8. The molecule has 3 rings (SSSR count). The lowest BCUT2D eigenvalue weighted by molar-refractivity contribution is 0.0624. The fraction of sp³-hybridized carbons (Fsp3) is 0.263. The van der Waals surface area contributed by atoms with Gasteiger partial charge in [-0.1, -0.05) is 0 Å². The zero-order valence-electron chi connectivity index (χ0n) is 13.6. The molecule has 130 valence electrons. The van der Waals surface area contributed by atoms with Gasteiger partial charge in [-0.3, -0.25) is 14.5 Å². The quantitative estimate of drug-likeness (QED) is 0.801. The molecule has 6 heteroatoms. The van der Waals surface area contributed by atoms with Crippen LogP contribution in [0.15, 0.2) is 48.5 Å². The molecule has 0 saturated carbocycles. The van der Waals surface area contributed by atoms with Gasteiger partial charge in [0.1, 0.15) is 11.6 Å². The normalized spacial score (nSPS) is 15.2. The molecule has 1 fully saturated rings. The fourth-order valence-corrected chi connectivity index (χ4v) is 2.81. The molecule has 2 aromatic carbocycles. The second kappa shape index (κ2) is 7.53. The smallest absolute Gasteiger partial charge is 0.253 e. The predicted molar refractivity (Wildman–Crippen MR) is 89.5 cm³/mol. The third-order valence-corrected chi connectivity index (χ3v) is 4.28. The van der Waals surface area contributed by atoms with E-state index in [1.165, 1.54) is 48.5 Å². The first kappa shape index (κ1) is 17.2. The number of ketones is 1. The Labute approximate surface area is 144 Å². The average molecular weight is 344 g/mol. The van der Waals surface area contributed by atoms with Crippen molar-refractivity contribution in [3.8, 4) is 0 Å². The van der Waals surface area contributed by atoms with Crippen LogP contribution in [0.4, 0.5) is 8.78 Å². The highest BCUT2D eigenvalue weighted by atomic mass is 19.1. The monoisotopic (exact) mass is 344 g/mol. The minimum Gasteiger partial charge on any atom is -0.336 e. The number of Topliss-reactive ketones (excluding diaryl/α,β-unsaturated/α-hetero) is 1. The molecule has 0 radical (unpaired) electrons. The lowest BCUT2D eigenvalue weighted by Crippen LogP contribution is -2.49. The maximum absolute atomic E-state index is 12.9. The Morgan fingerprint density at radius 3 is 1.76 bits per heavy atom. The van der Waals surface area contributed by atoms with Crippen molar-refractivity contribution in [2.24, 2.45) is 0 Å². The largest absolute Gasteiger partial charge is 0.336 e. The maximum atomic E-state index is 12.9. The molecular formula is C19H18F2N2O2. The van der Waals surface area contributed by atoms with Gasteiger partial charge >= 0.3 is 0 Å². The predicted octanol–water partition coefficient (Wildman–Crippen LogP) is 2.61. The van der Waals surface area contributed by atoms with Crippen molar-refractivity contribution in [3.63, 3.8) is 0 Å². The van der Waals surface area contributed by atoms with Crippen molar-refractivity contribution in [1.82, 2.24) is 9.80 Å². The van der Waals surface area contributed by atoms with Crippen LogP contribution in [0, 0.1) is 11.6 Å². The zero-order valence-corrected chi connectivity index (χ0v) is 13.6. The number of rotatable bonds is 4. The highest BCUT2D eigenvalue weighted by Gasteiger charge is 2.23. The summed E-state index contributed by atoms with van der Waals surface area (Å²) in [6.45, 7) is 2.42. The van der Waals surface area contributed by atoms with Gasteiger partial charge in [-0.2, -0.15) is 0 Å². The fourth-order valence-electron chi connectivity index (χ4n) is 2.81. The second-order valence-electron chi connectivity index (χ2n) is 6.01. The van der Waals surface area contributed by atoms with Crippen LogP contribution in [0.3, 0.4) is 0 Å². The number of piperazine rings is 1. The Morgan fingerprint density at radius 2 is 1.24 bits per heavy atom. The van der Waals surface area contributed by atoms with Gasteiger partial charge in [0.05, 0.1) is 6.54 Å². The van der Waals surface area contributed by atoms with Gasteiger partial charge in [-0.25, -0.2) is 8.78 Å². The molecule has 1 heterocycles. The number of hydrogen-bond acceptors (Lipinski definition) is 3. The Morgan fingerprint density at radius 1 is 0.760 bits per heavy atom. The molecule has 4 nitrogen and oxygen atoms in total. The first-order chi connectivity index (χ1) is 12.0. The van der Waals surface area contributed by atoms with E-state index in [1.54, 1.807) is 4.90 Å². The Kier molecular flexibility index (Phi) is 5.19. The summed E-state index contributed by atoms with van der Waals surface area (Å²) in [6, 6.07) is 11.0. The molecule has 0 atom stereocenters. The van der Waals surface area contributed by atoms with E-state index in [1.807, 2.05) is 4.90 Å². The van der Waals surface area contributed by atoms with E-state index in [0.717, 1.165) is 0 Å². The number of carbonyl (C=O) groups is 2. The Bertz CT molecular complexity index is 752. The summed E-state index contributed by atoms with van der Waals surface area (Å²) < 4.78 is 25.9. The van der Waals surface area contributed by atoms with Gasteiger partial charge in [0.25, 0.3) is 5.91 Å². The lowest BCUT2D eigenvalue weighted by atomic mass is 10.1. The van der Waals surface area contributed by atoms with Crippen LogP contribution in [0.1, 0.15) is 20.7 Å². The molecule has 0 aliphatic carbocycles. The third-order valence-electron chi connectivity index (χ3n) is 4.28. The van der Waals surface area contributed by atoms with Gasteiger partial charge < -0.3 is 4.90 Å². The summed E-state index contributed by atoms with van der Waals surface area (Å²) in [7, 11) is 0. The molecule has 1 saturated heterocycles. The van der Waals surface area contributed by atoms with Crippen molar-refractivity contribution >= 4 is 11.7 Å². The van der Waals surface area contributed by atoms with Crippen LogP contribution in [0.25, 0.3) is 0 Å². The van der Waals surface area contributed by atoms with Crippen LogP contribution >= 0.6 is 0 Å². The van der Waals surface area contributed by atoms with E-state index in [4.69, 9.17) is 0 Å². The topological polar surface area (TPSA) is 40.6 Å². The van der Waals surface area contributed by atoms with Crippen LogP contribution in [0.5, 0.6) is 0 Å². The van der Waals surface area contributed by atoms with Gasteiger partial charge in [-0.05, 0) is 48.5 Å². The van der Waals surface area contributed by atoms with E-state index >= 15 is 0 Å². The molecule has 0 aromatic heterocycles. The number of nitrogens with zero attached hydrogens (tertiary/aromatic N) is 2. The Hall–Kier alpha value is -2.60. The van der Waals surface area contributed by atoms with Crippen molar-refractivity contribution in [2.75, 3.05) is 32.7 Å². The minimum absolute atomic E-state index is 0.0710. The van der Waals surface area contributed by atoms with E-state index in [-0.39, 0.29) is 29.9 Å². The minimum atomic E-state index is -0.374. The van der Waals surface area contributed by atoms with E-state index < -0.39 is 0 Å². The van der Waals surface area contributed by atoms with Crippen LogP contribution in [-0.4, -0.2) is 54.2 Å². The molecule has 1 aliphatic heterocycles. The first-order valence-electron chi connectivity index (χ1n) is 8.09. The van der Waals surface area contributed by atoms with E-state index in [9.17, 15) is 18.4 Å². The number of amides is 1. The van der Waals surface area contributed by atoms with Crippen LogP contribution in [-0.2, 0) is 0 Å². The SMILES string of the molecule is O=C(CN1CCN(C(=O)c2ccc(F)cc2)CC1)c1ccc(F)cc1. The molecule has 0 spiro atoms. The molecule has 1 aliphatic rings. The summed E-state index contributed by atoms with van der Waals surface area (Å²) in [5.41, 5.74) is 0.934. The van der Waals surface area contributed by atoms with Gasteiger partial charge in [-0.15, -0.1) is 0 Å². The van der Waals surface area contributed by atoms with Gasteiger partial charge in [0.2, 0.25) is 0 Å². The van der Waals surface area contributed by atoms with Crippen LogP contribution in [0.2, 0.25) is 0 Å². The standard InChI is InChI=1S/C19H18F2N2O2/c20-16-5-1-14(2-6-16)18(24)13-22-9-11-23(12-10-22)19(25)15-3-7-17(21)8-4-15/h1-8H,9-13H2. The highest BCUT2D eigenvalue weighted by molar-refractivity contribution is 5.97. The van der Waals surface area contributed by atoms with Gasteiger partial charge in [0, 0.05) is 37.3 Å².